The zero-order valence-corrected chi connectivity index (χ0v) is 6.99. The minimum atomic E-state index is -0.285. The number of aryl methyl sites for hydroxylation is 1. The molecule has 0 spiro atoms. The van der Waals surface area contributed by atoms with Crippen molar-refractivity contribution in [2.75, 3.05) is 6.54 Å². The van der Waals surface area contributed by atoms with E-state index in [2.05, 4.69) is 0 Å². The summed E-state index contributed by atoms with van der Waals surface area (Å²) < 4.78 is 0. The Morgan fingerprint density at radius 1 is 1.42 bits per heavy atom. The van der Waals surface area contributed by atoms with Crippen LogP contribution in [0.25, 0.3) is 0 Å². The summed E-state index contributed by atoms with van der Waals surface area (Å²) >= 11 is 0. The van der Waals surface area contributed by atoms with Gasteiger partial charge in [0.25, 0.3) is 0 Å². The molecule has 12 heavy (non-hydrogen) atoms. The number of benzene rings is 1. The van der Waals surface area contributed by atoms with E-state index in [1.807, 2.05) is 31.2 Å². The third-order valence-corrected chi connectivity index (χ3v) is 1.82. The van der Waals surface area contributed by atoms with Gasteiger partial charge in [-0.2, -0.15) is 0 Å². The van der Waals surface area contributed by atoms with Gasteiger partial charge in [0.15, 0.2) is 0 Å². The molecule has 0 fully saturated rings. The van der Waals surface area contributed by atoms with E-state index in [1.54, 1.807) is 0 Å². The molecule has 0 saturated carbocycles. The Labute approximate surface area is 71.2 Å². The molecule has 0 bridgehead atoms. The normalized spacial score (nSPS) is 9.75. The van der Waals surface area contributed by atoms with E-state index >= 15 is 0 Å². The van der Waals surface area contributed by atoms with Crippen molar-refractivity contribution >= 4 is 0 Å². The molecule has 0 N–H and O–H groups in total. The summed E-state index contributed by atoms with van der Waals surface area (Å²) in [6, 6.07) is 7.74. The van der Waals surface area contributed by atoms with Gasteiger partial charge in [-0.05, 0) is 18.1 Å². The van der Waals surface area contributed by atoms with Crippen molar-refractivity contribution in [1.29, 1.82) is 0 Å². The quantitative estimate of drug-likeness (QED) is 0.506. The lowest BCUT2D eigenvalue weighted by Gasteiger charge is -2.00. The highest BCUT2D eigenvalue weighted by Gasteiger charge is 2.01. The summed E-state index contributed by atoms with van der Waals surface area (Å²) in [5.41, 5.74) is 2.19. The number of hydrogen-bond acceptors (Lipinski definition) is 2. The van der Waals surface area contributed by atoms with Crippen molar-refractivity contribution in [3.05, 3.63) is 45.5 Å². The number of rotatable bonds is 3. The predicted molar refractivity (Wildman–Crippen MR) is 46.7 cm³/mol. The van der Waals surface area contributed by atoms with Crippen LogP contribution in [-0.2, 0) is 6.42 Å². The molecule has 0 aliphatic rings. The van der Waals surface area contributed by atoms with Crippen LogP contribution in [0.4, 0.5) is 0 Å². The summed E-state index contributed by atoms with van der Waals surface area (Å²) in [6.45, 7) is 1.99. The fourth-order valence-electron chi connectivity index (χ4n) is 1.10. The largest absolute Gasteiger partial charge is 0.265 e. The lowest BCUT2D eigenvalue weighted by atomic mass is 10.1. The van der Waals surface area contributed by atoms with Gasteiger partial charge in [0, 0.05) is 11.3 Å². The summed E-state index contributed by atoms with van der Waals surface area (Å²) in [5.74, 6) is 0. The SMILES string of the molecule is Cc1ccccc1CC[N+](=O)[O-]. The first-order valence-electron chi connectivity index (χ1n) is 3.86. The van der Waals surface area contributed by atoms with E-state index in [-0.39, 0.29) is 11.5 Å². The first kappa shape index (κ1) is 8.71. The first-order valence-corrected chi connectivity index (χ1v) is 3.86. The molecule has 0 heterocycles. The fraction of sp³-hybridized carbons (Fsp3) is 0.333. The molecular weight excluding hydrogens is 154 g/mol. The predicted octanol–water partition coefficient (Wildman–Crippen LogP) is 1.81. The van der Waals surface area contributed by atoms with Gasteiger partial charge in [-0.15, -0.1) is 0 Å². The molecule has 64 valence electrons. The Balaban J connectivity index is 2.63. The van der Waals surface area contributed by atoms with Crippen molar-refractivity contribution in [2.45, 2.75) is 13.3 Å². The lowest BCUT2D eigenvalue weighted by molar-refractivity contribution is -0.479. The maximum Gasteiger partial charge on any atom is 0.207 e. The fourth-order valence-corrected chi connectivity index (χ4v) is 1.10. The van der Waals surface area contributed by atoms with Crippen LogP contribution in [0.15, 0.2) is 24.3 Å². The van der Waals surface area contributed by atoms with Crippen molar-refractivity contribution < 1.29 is 4.92 Å². The molecule has 0 aliphatic carbocycles. The van der Waals surface area contributed by atoms with Crippen molar-refractivity contribution in [1.82, 2.24) is 0 Å². The van der Waals surface area contributed by atoms with Gasteiger partial charge in [0.05, 0.1) is 0 Å². The zero-order chi connectivity index (χ0) is 8.97. The van der Waals surface area contributed by atoms with Crippen LogP contribution >= 0.6 is 0 Å². The van der Waals surface area contributed by atoms with Crippen LogP contribution in [0.5, 0.6) is 0 Å². The van der Waals surface area contributed by atoms with Gasteiger partial charge >= 0.3 is 0 Å². The Morgan fingerprint density at radius 3 is 2.67 bits per heavy atom. The number of nitrogens with zero attached hydrogens (tertiary/aromatic N) is 1. The minimum absolute atomic E-state index is 0.0187. The molecule has 0 atom stereocenters. The van der Waals surface area contributed by atoms with E-state index in [0.29, 0.717) is 6.42 Å². The van der Waals surface area contributed by atoms with Crippen LogP contribution in [0.2, 0.25) is 0 Å². The van der Waals surface area contributed by atoms with E-state index < -0.39 is 0 Å². The topological polar surface area (TPSA) is 43.1 Å². The maximum absolute atomic E-state index is 10.1. The van der Waals surface area contributed by atoms with Gasteiger partial charge in [-0.25, -0.2) is 0 Å². The molecule has 3 nitrogen and oxygen atoms in total. The molecule has 0 aromatic heterocycles. The monoisotopic (exact) mass is 165 g/mol. The van der Waals surface area contributed by atoms with Gasteiger partial charge in [0.1, 0.15) is 0 Å². The van der Waals surface area contributed by atoms with Gasteiger partial charge in [0.2, 0.25) is 6.54 Å². The molecule has 0 aliphatic heterocycles. The summed E-state index contributed by atoms with van der Waals surface area (Å²) in [7, 11) is 0. The molecule has 1 aromatic carbocycles. The van der Waals surface area contributed by atoms with Crippen molar-refractivity contribution in [2.24, 2.45) is 0 Å². The summed E-state index contributed by atoms with van der Waals surface area (Å²) in [5, 5.41) is 10.1. The molecule has 1 aromatic rings. The molecule has 0 radical (unpaired) electrons. The number of nitro groups is 1. The van der Waals surface area contributed by atoms with E-state index in [1.165, 1.54) is 0 Å². The van der Waals surface area contributed by atoms with E-state index in [9.17, 15) is 10.1 Å². The standard InChI is InChI=1S/C9H11NO2/c1-8-4-2-3-5-9(8)6-7-10(11)12/h2-5H,6-7H2,1H3. The summed E-state index contributed by atoms with van der Waals surface area (Å²) in [4.78, 5) is 9.80. The third-order valence-electron chi connectivity index (χ3n) is 1.82. The Kier molecular flexibility index (Phi) is 2.80. The lowest BCUT2D eigenvalue weighted by Crippen LogP contribution is -2.04. The first-order chi connectivity index (χ1) is 5.70. The van der Waals surface area contributed by atoms with Gasteiger partial charge in [-0.3, -0.25) is 10.1 Å². The molecular formula is C9H11NO2. The van der Waals surface area contributed by atoms with Crippen LogP contribution in [0.3, 0.4) is 0 Å². The highest BCUT2D eigenvalue weighted by atomic mass is 16.6. The molecule has 1 rings (SSSR count). The molecule has 0 saturated heterocycles. The summed E-state index contributed by atoms with van der Waals surface area (Å²) in [6.07, 6.45) is 0.527. The highest BCUT2D eigenvalue weighted by Crippen LogP contribution is 2.07. The van der Waals surface area contributed by atoms with Crippen molar-refractivity contribution in [3.63, 3.8) is 0 Å². The third kappa shape index (κ3) is 2.34. The zero-order valence-electron chi connectivity index (χ0n) is 6.99. The molecule has 3 heteroatoms. The Hall–Kier alpha value is -1.38. The number of hydrogen-bond donors (Lipinski definition) is 0. The second kappa shape index (κ2) is 3.85. The smallest absolute Gasteiger partial charge is 0.207 e. The second-order valence-corrected chi connectivity index (χ2v) is 2.73. The molecule has 0 unspecified atom stereocenters. The minimum Gasteiger partial charge on any atom is -0.265 e. The van der Waals surface area contributed by atoms with E-state index in [4.69, 9.17) is 0 Å². The Bertz CT molecular complexity index is 284. The average Bonchev–Trinajstić information content (AvgIpc) is 2.03. The van der Waals surface area contributed by atoms with Gasteiger partial charge in [-0.1, -0.05) is 24.3 Å². The van der Waals surface area contributed by atoms with Crippen molar-refractivity contribution in [3.8, 4) is 0 Å². The maximum atomic E-state index is 10.1. The van der Waals surface area contributed by atoms with Crippen LogP contribution < -0.4 is 0 Å². The highest BCUT2D eigenvalue weighted by molar-refractivity contribution is 5.25. The second-order valence-electron chi connectivity index (χ2n) is 2.73. The van der Waals surface area contributed by atoms with Crippen LogP contribution in [0, 0.1) is 17.0 Å². The van der Waals surface area contributed by atoms with Gasteiger partial charge < -0.3 is 0 Å². The van der Waals surface area contributed by atoms with Crippen LogP contribution in [0.1, 0.15) is 11.1 Å². The molecule has 0 amide bonds. The average molecular weight is 165 g/mol. The Morgan fingerprint density at radius 2 is 2.08 bits per heavy atom. The van der Waals surface area contributed by atoms with E-state index in [0.717, 1.165) is 11.1 Å². The van der Waals surface area contributed by atoms with Crippen LogP contribution in [-0.4, -0.2) is 11.5 Å².